The first-order valence-electron chi connectivity index (χ1n) is 5.83. The number of amides is 1. The second kappa shape index (κ2) is 7.72. The molecule has 1 rings (SSSR count). The fraction of sp³-hybridized carbons (Fsp3) is 0.385. The van der Waals surface area contributed by atoms with Crippen LogP contribution in [0.3, 0.4) is 0 Å². The number of halogens is 1. The highest BCUT2D eigenvalue weighted by Crippen LogP contribution is 2.25. The third-order valence-corrected chi connectivity index (χ3v) is 2.89. The van der Waals surface area contributed by atoms with Gasteiger partial charge in [-0.05, 0) is 18.2 Å². The van der Waals surface area contributed by atoms with E-state index < -0.39 is 18.4 Å². The van der Waals surface area contributed by atoms with Crippen LogP contribution in [-0.2, 0) is 9.53 Å². The monoisotopic (exact) mass is 301 g/mol. The van der Waals surface area contributed by atoms with Crippen molar-refractivity contribution < 1.29 is 24.2 Å². The topological polar surface area (TPSA) is 76.1 Å². The molecule has 1 aromatic carbocycles. The van der Waals surface area contributed by atoms with E-state index in [2.05, 4.69) is 0 Å². The molecule has 20 heavy (non-hydrogen) atoms. The third kappa shape index (κ3) is 4.40. The number of nitrogens with zero attached hydrogens (tertiary/aromatic N) is 1. The Balaban J connectivity index is 2.95. The van der Waals surface area contributed by atoms with Crippen LogP contribution in [0, 0.1) is 0 Å². The Hall–Kier alpha value is -1.79. The summed E-state index contributed by atoms with van der Waals surface area (Å²) in [5, 5.41) is 9.22. The largest absolute Gasteiger partial charge is 0.495 e. The Morgan fingerprint density at radius 1 is 1.35 bits per heavy atom. The maximum atomic E-state index is 12.3. The van der Waals surface area contributed by atoms with E-state index in [1.807, 2.05) is 0 Å². The Kier molecular flexibility index (Phi) is 6.27. The van der Waals surface area contributed by atoms with Crippen LogP contribution in [0.2, 0.25) is 5.02 Å². The van der Waals surface area contributed by atoms with Crippen molar-refractivity contribution in [2.45, 2.75) is 0 Å². The van der Waals surface area contributed by atoms with Crippen molar-refractivity contribution in [3.05, 3.63) is 28.8 Å². The van der Waals surface area contributed by atoms with Crippen LogP contribution in [0.15, 0.2) is 18.2 Å². The molecular weight excluding hydrogens is 286 g/mol. The summed E-state index contributed by atoms with van der Waals surface area (Å²) in [6.45, 7) is 0.0451. The van der Waals surface area contributed by atoms with Gasteiger partial charge in [0.2, 0.25) is 0 Å². The van der Waals surface area contributed by atoms with Gasteiger partial charge in [-0.2, -0.15) is 0 Å². The number of hydrogen-bond donors (Lipinski definition) is 1. The summed E-state index contributed by atoms with van der Waals surface area (Å²) in [5.41, 5.74) is 0.309. The lowest BCUT2D eigenvalue weighted by Gasteiger charge is -2.20. The van der Waals surface area contributed by atoms with Gasteiger partial charge in [-0.3, -0.25) is 9.59 Å². The van der Waals surface area contributed by atoms with Crippen molar-refractivity contribution in [2.75, 3.05) is 33.9 Å². The van der Waals surface area contributed by atoms with Gasteiger partial charge in [0, 0.05) is 19.2 Å². The van der Waals surface area contributed by atoms with Gasteiger partial charge in [0.05, 0.1) is 18.7 Å². The number of carboxylic acid groups (broad SMARTS) is 1. The summed E-state index contributed by atoms with van der Waals surface area (Å²) < 4.78 is 9.91. The van der Waals surface area contributed by atoms with Crippen LogP contribution in [-0.4, -0.2) is 55.8 Å². The second-order valence-electron chi connectivity index (χ2n) is 3.96. The van der Waals surface area contributed by atoms with Crippen LogP contribution in [0.5, 0.6) is 5.75 Å². The van der Waals surface area contributed by atoms with E-state index >= 15 is 0 Å². The van der Waals surface area contributed by atoms with Crippen molar-refractivity contribution in [2.24, 2.45) is 0 Å². The molecule has 0 saturated carbocycles. The molecule has 0 bridgehead atoms. The number of methoxy groups -OCH3 is 2. The lowest BCUT2D eigenvalue weighted by atomic mass is 10.2. The molecule has 0 unspecified atom stereocenters. The molecule has 0 saturated heterocycles. The number of carboxylic acids is 1. The van der Waals surface area contributed by atoms with Crippen LogP contribution in [0.1, 0.15) is 10.4 Å². The van der Waals surface area contributed by atoms with E-state index in [-0.39, 0.29) is 13.2 Å². The lowest BCUT2D eigenvalue weighted by Crippen LogP contribution is -2.38. The molecule has 6 nitrogen and oxygen atoms in total. The Bertz CT molecular complexity index is 492. The number of carbonyl (C=O) groups excluding carboxylic acids is 1. The van der Waals surface area contributed by atoms with Gasteiger partial charge in [-0.15, -0.1) is 0 Å². The SMILES string of the molecule is COCCN(CC(=O)O)C(=O)c1ccc(Cl)c(OC)c1. The summed E-state index contributed by atoms with van der Waals surface area (Å²) in [7, 11) is 2.92. The van der Waals surface area contributed by atoms with E-state index in [0.717, 1.165) is 0 Å². The normalized spacial score (nSPS) is 10.2. The van der Waals surface area contributed by atoms with Gasteiger partial charge >= 0.3 is 5.97 Å². The predicted octanol–water partition coefficient (Wildman–Crippen LogP) is 1.52. The first-order chi connectivity index (χ1) is 9.49. The van der Waals surface area contributed by atoms with Crippen molar-refractivity contribution in [3.8, 4) is 5.75 Å². The van der Waals surface area contributed by atoms with Crippen molar-refractivity contribution >= 4 is 23.5 Å². The molecule has 0 aliphatic heterocycles. The molecule has 1 N–H and O–H groups in total. The number of carbonyl (C=O) groups is 2. The molecule has 1 aromatic rings. The number of rotatable bonds is 7. The Labute approximate surface area is 121 Å². The first-order valence-corrected chi connectivity index (χ1v) is 6.21. The highest BCUT2D eigenvalue weighted by Gasteiger charge is 2.19. The van der Waals surface area contributed by atoms with Crippen molar-refractivity contribution in [1.29, 1.82) is 0 Å². The molecule has 7 heteroatoms. The minimum atomic E-state index is -1.09. The van der Waals surface area contributed by atoms with Crippen LogP contribution < -0.4 is 4.74 Å². The minimum Gasteiger partial charge on any atom is -0.495 e. The molecule has 0 spiro atoms. The lowest BCUT2D eigenvalue weighted by molar-refractivity contribution is -0.137. The van der Waals surface area contributed by atoms with Gasteiger partial charge in [0.15, 0.2) is 0 Å². The minimum absolute atomic E-state index is 0.187. The molecule has 1 amide bonds. The smallest absolute Gasteiger partial charge is 0.323 e. The van der Waals surface area contributed by atoms with Crippen LogP contribution >= 0.6 is 11.6 Å². The first kappa shape index (κ1) is 16.3. The summed E-state index contributed by atoms with van der Waals surface area (Å²) in [6.07, 6.45) is 0. The Morgan fingerprint density at radius 3 is 2.60 bits per heavy atom. The summed E-state index contributed by atoms with van der Waals surface area (Å²) in [4.78, 5) is 24.3. The van der Waals surface area contributed by atoms with Crippen LogP contribution in [0.4, 0.5) is 0 Å². The highest BCUT2D eigenvalue weighted by atomic mass is 35.5. The quantitative estimate of drug-likeness (QED) is 0.826. The van der Waals surface area contributed by atoms with E-state index in [1.54, 1.807) is 0 Å². The highest BCUT2D eigenvalue weighted by molar-refractivity contribution is 6.32. The number of ether oxygens (including phenoxy) is 2. The standard InChI is InChI=1S/C13H16ClNO5/c1-19-6-5-15(8-12(16)17)13(18)9-3-4-10(14)11(7-9)20-2/h3-4,7H,5-6,8H2,1-2H3,(H,16,17). The van der Waals surface area contributed by atoms with Gasteiger partial charge in [-0.25, -0.2) is 0 Å². The fourth-order valence-corrected chi connectivity index (χ4v) is 1.79. The zero-order chi connectivity index (χ0) is 15.1. The molecule has 0 radical (unpaired) electrons. The zero-order valence-corrected chi connectivity index (χ0v) is 12.0. The number of hydrogen-bond acceptors (Lipinski definition) is 4. The average Bonchev–Trinajstić information content (AvgIpc) is 2.42. The molecular formula is C13H16ClNO5. The molecule has 0 atom stereocenters. The molecule has 0 fully saturated rings. The number of aliphatic carboxylic acids is 1. The van der Waals surface area contributed by atoms with Gasteiger partial charge < -0.3 is 19.5 Å². The maximum Gasteiger partial charge on any atom is 0.323 e. The van der Waals surface area contributed by atoms with Crippen molar-refractivity contribution in [1.82, 2.24) is 4.90 Å². The molecule has 110 valence electrons. The van der Waals surface area contributed by atoms with Gasteiger partial charge in [0.25, 0.3) is 5.91 Å². The predicted molar refractivity (Wildman–Crippen MR) is 73.4 cm³/mol. The average molecular weight is 302 g/mol. The van der Waals surface area contributed by atoms with E-state index in [1.165, 1.54) is 37.3 Å². The summed E-state index contributed by atoms with van der Waals surface area (Å²) in [5.74, 6) is -1.14. The molecule has 0 aliphatic carbocycles. The van der Waals surface area contributed by atoms with E-state index in [9.17, 15) is 9.59 Å². The fourth-order valence-electron chi connectivity index (χ4n) is 1.59. The molecule has 0 heterocycles. The summed E-state index contributed by atoms with van der Waals surface area (Å²) >= 11 is 5.88. The molecule has 0 aliphatic rings. The van der Waals surface area contributed by atoms with E-state index in [4.69, 9.17) is 26.2 Å². The second-order valence-corrected chi connectivity index (χ2v) is 4.37. The van der Waals surface area contributed by atoms with Crippen LogP contribution in [0.25, 0.3) is 0 Å². The Morgan fingerprint density at radius 2 is 2.05 bits per heavy atom. The summed E-state index contributed by atoms with van der Waals surface area (Å²) in [6, 6.07) is 4.53. The number of benzene rings is 1. The van der Waals surface area contributed by atoms with Crippen molar-refractivity contribution in [3.63, 3.8) is 0 Å². The molecule has 0 aromatic heterocycles. The van der Waals surface area contributed by atoms with Gasteiger partial charge in [0.1, 0.15) is 12.3 Å². The maximum absolute atomic E-state index is 12.3. The third-order valence-electron chi connectivity index (χ3n) is 2.58. The zero-order valence-electron chi connectivity index (χ0n) is 11.3. The van der Waals surface area contributed by atoms with Gasteiger partial charge in [-0.1, -0.05) is 11.6 Å². The van der Waals surface area contributed by atoms with E-state index in [0.29, 0.717) is 16.3 Å².